The SMILES string of the molecule is CCCCCN1C(=O)C(C)(C)NC(=O)C1C1CCCCC1. The van der Waals surface area contributed by atoms with Crippen molar-refractivity contribution in [1.29, 1.82) is 0 Å². The standard InChI is InChI=1S/C17H30N2O2/c1-4-5-9-12-19-14(13-10-7-6-8-11-13)15(20)18-17(2,3)16(19)21/h13-14H,4-12H2,1-3H3,(H,18,20). The minimum Gasteiger partial charge on any atom is -0.340 e. The number of nitrogens with zero attached hydrogens (tertiary/aromatic N) is 1. The van der Waals surface area contributed by atoms with Gasteiger partial charge in [0.1, 0.15) is 11.6 Å². The minimum absolute atomic E-state index is 0.0583. The number of hydrogen-bond donors (Lipinski definition) is 1. The number of carbonyl (C=O) groups excluding carboxylic acids is 2. The number of nitrogens with one attached hydrogen (secondary N) is 1. The van der Waals surface area contributed by atoms with Crippen LogP contribution in [0, 0.1) is 5.92 Å². The van der Waals surface area contributed by atoms with Gasteiger partial charge >= 0.3 is 0 Å². The van der Waals surface area contributed by atoms with Crippen LogP contribution < -0.4 is 5.32 Å². The number of carbonyl (C=O) groups is 2. The van der Waals surface area contributed by atoms with Crippen molar-refractivity contribution >= 4 is 11.8 Å². The van der Waals surface area contributed by atoms with Gasteiger partial charge in [0.25, 0.3) is 0 Å². The summed E-state index contributed by atoms with van der Waals surface area (Å²) in [7, 11) is 0. The van der Waals surface area contributed by atoms with Crippen molar-refractivity contribution in [3.8, 4) is 0 Å². The highest BCUT2D eigenvalue weighted by Gasteiger charge is 2.47. The molecule has 2 aliphatic rings. The maximum absolute atomic E-state index is 12.8. The highest BCUT2D eigenvalue weighted by molar-refractivity contribution is 5.99. The van der Waals surface area contributed by atoms with E-state index in [1.54, 1.807) is 0 Å². The third kappa shape index (κ3) is 3.58. The largest absolute Gasteiger partial charge is 0.340 e. The molecule has 4 nitrogen and oxygen atoms in total. The molecule has 1 saturated heterocycles. The van der Waals surface area contributed by atoms with Crippen LogP contribution in [0.3, 0.4) is 0 Å². The summed E-state index contributed by atoms with van der Waals surface area (Å²) < 4.78 is 0. The Bertz CT molecular complexity index is 386. The highest BCUT2D eigenvalue weighted by Crippen LogP contribution is 2.32. The van der Waals surface area contributed by atoms with Crippen LogP contribution in [0.4, 0.5) is 0 Å². The van der Waals surface area contributed by atoms with Crippen LogP contribution in [0.1, 0.15) is 72.1 Å². The summed E-state index contributed by atoms with van der Waals surface area (Å²) in [4.78, 5) is 27.2. The molecule has 1 aliphatic carbocycles. The Kier molecular flexibility index (Phi) is 5.28. The summed E-state index contributed by atoms with van der Waals surface area (Å²) in [5.74, 6) is 0.497. The fourth-order valence-electron chi connectivity index (χ4n) is 3.75. The molecule has 1 N–H and O–H groups in total. The van der Waals surface area contributed by atoms with Gasteiger partial charge in [-0.2, -0.15) is 0 Å². The number of unbranched alkanes of at least 4 members (excludes halogenated alkanes) is 2. The number of amides is 2. The van der Waals surface area contributed by atoms with E-state index in [9.17, 15) is 9.59 Å². The molecule has 0 aromatic rings. The predicted octanol–water partition coefficient (Wildman–Crippen LogP) is 2.86. The summed E-state index contributed by atoms with van der Waals surface area (Å²) in [6, 6.07) is -0.234. The molecule has 2 amide bonds. The van der Waals surface area contributed by atoms with Gasteiger partial charge in [-0.05, 0) is 39.0 Å². The first kappa shape index (κ1) is 16.3. The molecule has 1 heterocycles. The van der Waals surface area contributed by atoms with Crippen LogP contribution in [0.2, 0.25) is 0 Å². The van der Waals surface area contributed by atoms with Gasteiger partial charge in [-0.1, -0.05) is 39.0 Å². The van der Waals surface area contributed by atoms with Gasteiger partial charge in [-0.15, -0.1) is 0 Å². The highest BCUT2D eigenvalue weighted by atomic mass is 16.2. The molecule has 0 radical (unpaired) electrons. The Morgan fingerprint density at radius 1 is 1.14 bits per heavy atom. The molecule has 1 aliphatic heterocycles. The molecular weight excluding hydrogens is 264 g/mol. The lowest BCUT2D eigenvalue weighted by molar-refractivity contribution is -0.156. The van der Waals surface area contributed by atoms with Gasteiger partial charge < -0.3 is 10.2 Å². The third-order valence-corrected chi connectivity index (χ3v) is 4.93. The van der Waals surface area contributed by atoms with E-state index < -0.39 is 5.54 Å². The van der Waals surface area contributed by atoms with Crippen LogP contribution >= 0.6 is 0 Å². The molecule has 2 fully saturated rings. The molecule has 1 unspecified atom stereocenters. The van der Waals surface area contributed by atoms with E-state index in [2.05, 4.69) is 12.2 Å². The van der Waals surface area contributed by atoms with Crippen LogP contribution in [0.25, 0.3) is 0 Å². The van der Waals surface area contributed by atoms with Crippen molar-refractivity contribution in [2.75, 3.05) is 6.54 Å². The first-order valence-corrected chi connectivity index (χ1v) is 8.60. The Hall–Kier alpha value is -1.06. The van der Waals surface area contributed by atoms with E-state index in [1.807, 2.05) is 18.7 Å². The Morgan fingerprint density at radius 3 is 2.43 bits per heavy atom. The second kappa shape index (κ2) is 6.80. The van der Waals surface area contributed by atoms with Gasteiger partial charge in [-0.25, -0.2) is 0 Å². The molecule has 0 bridgehead atoms. The lowest BCUT2D eigenvalue weighted by atomic mass is 9.80. The van der Waals surface area contributed by atoms with Crippen LogP contribution in [-0.2, 0) is 9.59 Å². The van der Waals surface area contributed by atoms with Gasteiger partial charge in [0, 0.05) is 6.54 Å². The zero-order chi connectivity index (χ0) is 15.5. The first-order valence-electron chi connectivity index (χ1n) is 8.60. The quantitative estimate of drug-likeness (QED) is 0.793. The molecule has 0 aromatic carbocycles. The zero-order valence-electron chi connectivity index (χ0n) is 13.8. The van der Waals surface area contributed by atoms with E-state index in [-0.39, 0.29) is 17.9 Å². The smallest absolute Gasteiger partial charge is 0.248 e. The normalized spacial score (nSPS) is 26.8. The summed E-state index contributed by atoms with van der Waals surface area (Å²) in [5, 5.41) is 2.94. The van der Waals surface area contributed by atoms with Crippen LogP contribution in [-0.4, -0.2) is 34.8 Å². The van der Waals surface area contributed by atoms with Crippen molar-refractivity contribution in [3.63, 3.8) is 0 Å². The van der Waals surface area contributed by atoms with Gasteiger partial charge in [0.05, 0.1) is 0 Å². The molecule has 1 saturated carbocycles. The maximum atomic E-state index is 12.8. The van der Waals surface area contributed by atoms with Crippen LogP contribution in [0.15, 0.2) is 0 Å². The van der Waals surface area contributed by atoms with Crippen molar-refractivity contribution in [3.05, 3.63) is 0 Å². The van der Waals surface area contributed by atoms with Gasteiger partial charge in [-0.3, -0.25) is 9.59 Å². The lowest BCUT2D eigenvalue weighted by Crippen LogP contribution is -2.69. The van der Waals surface area contributed by atoms with Crippen LogP contribution in [0.5, 0.6) is 0 Å². The zero-order valence-corrected chi connectivity index (χ0v) is 13.8. The topological polar surface area (TPSA) is 49.4 Å². The second-order valence-electron chi connectivity index (χ2n) is 7.16. The van der Waals surface area contributed by atoms with Gasteiger partial charge in [0.2, 0.25) is 11.8 Å². The summed E-state index contributed by atoms with van der Waals surface area (Å²) in [5.41, 5.74) is -0.755. The predicted molar refractivity (Wildman–Crippen MR) is 83.8 cm³/mol. The Labute approximate surface area is 128 Å². The fraction of sp³-hybridized carbons (Fsp3) is 0.882. The molecule has 4 heteroatoms. The summed E-state index contributed by atoms with van der Waals surface area (Å²) in [6.45, 7) is 6.52. The number of piperazine rings is 1. The molecule has 120 valence electrons. The van der Waals surface area contributed by atoms with Gasteiger partial charge in [0.15, 0.2) is 0 Å². The van der Waals surface area contributed by atoms with E-state index in [0.29, 0.717) is 5.92 Å². The molecule has 1 atom stereocenters. The molecule has 2 rings (SSSR count). The monoisotopic (exact) mass is 294 g/mol. The molecule has 21 heavy (non-hydrogen) atoms. The molecular formula is C17H30N2O2. The number of rotatable bonds is 5. The lowest BCUT2D eigenvalue weighted by Gasteiger charge is -2.46. The molecule has 0 spiro atoms. The second-order valence-corrected chi connectivity index (χ2v) is 7.16. The van der Waals surface area contributed by atoms with E-state index in [1.165, 1.54) is 19.3 Å². The molecule has 0 aromatic heterocycles. The average Bonchev–Trinajstić information content (AvgIpc) is 2.45. The summed E-state index contributed by atoms with van der Waals surface area (Å²) >= 11 is 0. The third-order valence-electron chi connectivity index (χ3n) is 4.93. The van der Waals surface area contributed by atoms with Crippen molar-refractivity contribution in [2.24, 2.45) is 5.92 Å². The maximum Gasteiger partial charge on any atom is 0.248 e. The average molecular weight is 294 g/mol. The number of hydrogen-bond acceptors (Lipinski definition) is 2. The van der Waals surface area contributed by atoms with E-state index in [0.717, 1.165) is 38.6 Å². The Balaban J connectivity index is 2.16. The van der Waals surface area contributed by atoms with Crippen molar-refractivity contribution < 1.29 is 9.59 Å². The minimum atomic E-state index is -0.755. The van der Waals surface area contributed by atoms with Crippen molar-refractivity contribution in [2.45, 2.75) is 83.7 Å². The summed E-state index contributed by atoms with van der Waals surface area (Å²) in [6.07, 6.45) is 9.04. The fourth-order valence-corrected chi connectivity index (χ4v) is 3.75. The van der Waals surface area contributed by atoms with E-state index in [4.69, 9.17) is 0 Å². The van der Waals surface area contributed by atoms with E-state index >= 15 is 0 Å². The van der Waals surface area contributed by atoms with Crippen molar-refractivity contribution in [1.82, 2.24) is 10.2 Å². The Morgan fingerprint density at radius 2 is 1.81 bits per heavy atom. The first-order chi connectivity index (χ1) is 9.97.